The Labute approximate surface area is 119 Å². The SMILES string of the molecule is CCC(C)NCC(=O)Nc1c(Br)cccc1Br. The highest BCUT2D eigenvalue weighted by molar-refractivity contribution is 9.11. The molecule has 0 bridgehead atoms. The quantitative estimate of drug-likeness (QED) is 0.840. The molecule has 5 heteroatoms. The standard InChI is InChI=1S/C12H16Br2N2O/c1-3-8(2)15-7-11(17)16-12-9(13)5-4-6-10(12)14/h4-6,8,15H,3,7H2,1-2H3,(H,16,17). The minimum absolute atomic E-state index is 0.0436. The van der Waals surface area contributed by atoms with E-state index in [1.165, 1.54) is 0 Å². The third-order valence-corrected chi connectivity index (χ3v) is 3.77. The third kappa shape index (κ3) is 4.77. The first-order chi connectivity index (χ1) is 8.04. The van der Waals surface area contributed by atoms with Gasteiger partial charge in [0.05, 0.1) is 12.2 Å². The van der Waals surface area contributed by atoms with Crippen molar-refractivity contribution in [3.8, 4) is 0 Å². The highest BCUT2D eigenvalue weighted by atomic mass is 79.9. The van der Waals surface area contributed by atoms with E-state index in [1.54, 1.807) is 0 Å². The van der Waals surface area contributed by atoms with Crippen LogP contribution < -0.4 is 10.6 Å². The Bertz CT molecular complexity index is 376. The van der Waals surface area contributed by atoms with E-state index >= 15 is 0 Å². The molecule has 0 spiro atoms. The molecular formula is C12H16Br2N2O. The van der Waals surface area contributed by atoms with Gasteiger partial charge >= 0.3 is 0 Å². The molecule has 1 rings (SSSR count). The maximum absolute atomic E-state index is 11.7. The fourth-order valence-corrected chi connectivity index (χ4v) is 2.41. The number of hydrogen-bond donors (Lipinski definition) is 2. The molecule has 0 saturated carbocycles. The lowest BCUT2D eigenvalue weighted by molar-refractivity contribution is -0.115. The van der Waals surface area contributed by atoms with Crippen molar-refractivity contribution in [2.45, 2.75) is 26.3 Å². The van der Waals surface area contributed by atoms with Crippen molar-refractivity contribution < 1.29 is 4.79 Å². The Kier molecular flexibility index (Phi) is 6.16. The Morgan fingerprint density at radius 2 is 1.94 bits per heavy atom. The monoisotopic (exact) mass is 362 g/mol. The van der Waals surface area contributed by atoms with Crippen molar-refractivity contribution in [2.24, 2.45) is 0 Å². The van der Waals surface area contributed by atoms with Crippen LogP contribution in [0.15, 0.2) is 27.1 Å². The van der Waals surface area contributed by atoms with Gasteiger partial charge in [0, 0.05) is 15.0 Å². The summed E-state index contributed by atoms with van der Waals surface area (Å²) >= 11 is 6.81. The molecule has 0 aliphatic carbocycles. The van der Waals surface area contributed by atoms with E-state index in [2.05, 4.69) is 56.3 Å². The molecule has 0 aliphatic heterocycles. The van der Waals surface area contributed by atoms with Crippen molar-refractivity contribution in [3.63, 3.8) is 0 Å². The summed E-state index contributed by atoms with van der Waals surface area (Å²) < 4.78 is 1.73. The van der Waals surface area contributed by atoms with Crippen molar-refractivity contribution in [2.75, 3.05) is 11.9 Å². The zero-order chi connectivity index (χ0) is 12.8. The van der Waals surface area contributed by atoms with Crippen molar-refractivity contribution in [1.82, 2.24) is 5.32 Å². The smallest absolute Gasteiger partial charge is 0.238 e. The number of carbonyl (C=O) groups is 1. The van der Waals surface area contributed by atoms with Gasteiger partial charge in [0.2, 0.25) is 5.91 Å². The lowest BCUT2D eigenvalue weighted by Crippen LogP contribution is -2.34. The van der Waals surface area contributed by atoms with Crippen LogP contribution in [0.2, 0.25) is 0 Å². The number of nitrogens with one attached hydrogen (secondary N) is 2. The van der Waals surface area contributed by atoms with Gasteiger partial charge in [0.25, 0.3) is 0 Å². The van der Waals surface area contributed by atoms with E-state index in [-0.39, 0.29) is 5.91 Å². The second kappa shape index (κ2) is 7.13. The molecule has 1 amide bonds. The number of hydrogen-bond acceptors (Lipinski definition) is 2. The number of benzene rings is 1. The Morgan fingerprint density at radius 1 is 1.35 bits per heavy atom. The van der Waals surface area contributed by atoms with Gasteiger partial charge in [-0.25, -0.2) is 0 Å². The molecule has 0 aromatic heterocycles. The number of amides is 1. The minimum Gasteiger partial charge on any atom is -0.323 e. The van der Waals surface area contributed by atoms with Gasteiger partial charge in [0.1, 0.15) is 0 Å². The second-order valence-corrected chi connectivity index (χ2v) is 5.54. The Hall–Kier alpha value is -0.390. The third-order valence-electron chi connectivity index (χ3n) is 2.45. The summed E-state index contributed by atoms with van der Waals surface area (Å²) in [5, 5.41) is 6.01. The first-order valence-electron chi connectivity index (χ1n) is 5.51. The largest absolute Gasteiger partial charge is 0.323 e. The van der Waals surface area contributed by atoms with E-state index in [9.17, 15) is 4.79 Å². The molecule has 0 aliphatic rings. The molecule has 1 aromatic carbocycles. The summed E-state index contributed by atoms with van der Waals surface area (Å²) in [5.74, 6) is -0.0436. The lowest BCUT2D eigenvalue weighted by Gasteiger charge is -2.13. The van der Waals surface area contributed by atoms with Crippen LogP contribution in [0.5, 0.6) is 0 Å². The van der Waals surface area contributed by atoms with Gasteiger partial charge in [-0.05, 0) is 57.3 Å². The van der Waals surface area contributed by atoms with Gasteiger partial charge in [-0.2, -0.15) is 0 Å². The summed E-state index contributed by atoms with van der Waals surface area (Å²) in [5.41, 5.74) is 0.767. The van der Waals surface area contributed by atoms with Crippen molar-refractivity contribution >= 4 is 43.5 Å². The van der Waals surface area contributed by atoms with Crippen LogP contribution in [-0.4, -0.2) is 18.5 Å². The van der Waals surface area contributed by atoms with E-state index in [0.29, 0.717) is 12.6 Å². The van der Waals surface area contributed by atoms with Crippen LogP contribution in [0.25, 0.3) is 0 Å². The average molecular weight is 364 g/mol. The highest BCUT2D eigenvalue weighted by Gasteiger charge is 2.09. The molecule has 1 aromatic rings. The van der Waals surface area contributed by atoms with Crippen molar-refractivity contribution in [3.05, 3.63) is 27.1 Å². The van der Waals surface area contributed by atoms with Gasteiger partial charge < -0.3 is 10.6 Å². The highest BCUT2D eigenvalue weighted by Crippen LogP contribution is 2.30. The van der Waals surface area contributed by atoms with E-state index in [4.69, 9.17) is 0 Å². The topological polar surface area (TPSA) is 41.1 Å². The minimum atomic E-state index is -0.0436. The summed E-state index contributed by atoms with van der Waals surface area (Å²) in [6, 6.07) is 6.04. The lowest BCUT2D eigenvalue weighted by atomic mass is 10.2. The molecule has 1 unspecified atom stereocenters. The zero-order valence-electron chi connectivity index (χ0n) is 9.89. The zero-order valence-corrected chi connectivity index (χ0v) is 13.1. The van der Waals surface area contributed by atoms with Gasteiger partial charge in [-0.3, -0.25) is 4.79 Å². The maximum atomic E-state index is 11.7. The molecule has 1 atom stereocenters. The predicted octanol–water partition coefficient (Wildman–Crippen LogP) is 3.54. The van der Waals surface area contributed by atoms with E-state index in [0.717, 1.165) is 21.1 Å². The number of para-hydroxylation sites is 1. The Morgan fingerprint density at radius 3 is 2.47 bits per heavy atom. The average Bonchev–Trinajstić information content (AvgIpc) is 2.31. The van der Waals surface area contributed by atoms with Crippen LogP contribution in [0, 0.1) is 0 Å². The molecule has 0 fully saturated rings. The normalized spacial score (nSPS) is 12.2. The first-order valence-corrected chi connectivity index (χ1v) is 7.10. The summed E-state index contributed by atoms with van der Waals surface area (Å²) in [4.78, 5) is 11.7. The molecular weight excluding hydrogens is 348 g/mol. The number of halogens is 2. The van der Waals surface area contributed by atoms with Crippen LogP contribution in [0.1, 0.15) is 20.3 Å². The second-order valence-electron chi connectivity index (χ2n) is 3.84. The first kappa shape index (κ1) is 14.7. The van der Waals surface area contributed by atoms with Crippen LogP contribution in [-0.2, 0) is 4.79 Å². The van der Waals surface area contributed by atoms with Gasteiger partial charge in [0.15, 0.2) is 0 Å². The fraction of sp³-hybridized carbons (Fsp3) is 0.417. The molecule has 3 nitrogen and oxygen atoms in total. The number of rotatable bonds is 5. The molecule has 17 heavy (non-hydrogen) atoms. The summed E-state index contributed by atoms with van der Waals surface area (Å²) in [7, 11) is 0. The maximum Gasteiger partial charge on any atom is 0.238 e. The van der Waals surface area contributed by atoms with Crippen LogP contribution >= 0.6 is 31.9 Å². The molecule has 0 radical (unpaired) electrons. The van der Waals surface area contributed by atoms with Crippen LogP contribution in [0.3, 0.4) is 0 Å². The Balaban J connectivity index is 2.56. The van der Waals surface area contributed by atoms with Gasteiger partial charge in [-0.15, -0.1) is 0 Å². The van der Waals surface area contributed by atoms with E-state index < -0.39 is 0 Å². The number of anilines is 1. The van der Waals surface area contributed by atoms with Crippen molar-refractivity contribution in [1.29, 1.82) is 0 Å². The van der Waals surface area contributed by atoms with Crippen LogP contribution in [0.4, 0.5) is 5.69 Å². The molecule has 0 heterocycles. The summed E-state index contributed by atoms with van der Waals surface area (Å²) in [6.07, 6.45) is 1.01. The fourth-order valence-electron chi connectivity index (χ4n) is 1.21. The molecule has 94 valence electrons. The van der Waals surface area contributed by atoms with Gasteiger partial charge in [-0.1, -0.05) is 13.0 Å². The molecule has 0 saturated heterocycles. The summed E-state index contributed by atoms with van der Waals surface area (Å²) in [6.45, 7) is 4.46. The van der Waals surface area contributed by atoms with E-state index in [1.807, 2.05) is 18.2 Å². The predicted molar refractivity (Wildman–Crippen MR) is 78.2 cm³/mol. The number of carbonyl (C=O) groups excluding carboxylic acids is 1. The molecule has 2 N–H and O–H groups in total.